The van der Waals surface area contributed by atoms with Gasteiger partial charge in [-0.05, 0) is 31.5 Å². The zero-order valence-corrected chi connectivity index (χ0v) is 9.34. The lowest BCUT2D eigenvalue weighted by Gasteiger charge is -2.08. The maximum atomic E-state index is 13.0. The number of aryl methyl sites for hydroxylation is 2. The highest BCUT2D eigenvalue weighted by atomic mass is 19.1. The molecule has 0 saturated carbocycles. The number of halogens is 1. The van der Waals surface area contributed by atoms with E-state index < -0.39 is 0 Å². The van der Waals surface area contributed by atoms with Gasteiger partial charge in [0.25, 0.3) is 0 Å². The van der Waals surface area contributed by atoms with E-state index in [9.17, 15) is 4.39 Å². The third kappa shape index (κ3) is 2.21. The molecule has 2 rings (SSSR count). The molecule has 0 saturated heterocycles. The van der Waals surface area contributed by atoms with Crippen molar-refractivity contribution in [1.29, 1.82) is 0 Å². The van der Waals surface area contributed by atoms with Crippen molar-refractivity contribution in [2.24, 2.45) is 0 Å². The van der Waals surface area contributed by atoms with Gasteiger partial charge < -0.3 is 5.32 Å². The molecule has 1 heterocycles. The maximum absolute atomic E-state index is 13.0. The van der Waals surface area contributed by atoms with Crippen LogP contribution in [-0.4, -0.2) is 10.2 Å². The second-order valence-corrected chi connectivity index (χ2v) is 3.83. The number of hydrogen-bond acceptors (Lipinski definition) is 2. The Labute approximate surface area is 93.7 Å². The van der Waals surface area contributed by atoms with E-state index in [1.165, 1.54) is 12.1 Å². The summed E-state index contributed by atoms with van der Waals surface area (Å²) >= 11 is 0. The van der Waals surface area contributed by atoms with E-state index in [0.717, 1.165) is 22.5 Å². The van der Waals surface area contributed by atoms with Crippen LogP contribution in [0.3, 0.4) is 0 Å². The van der Waals surface area contributed by atoms with E-state index in [4.69, 9.17) is 0 Å². The largest absolute Gasteiger partial charge is 0.381 e. The molecule has 2 N–H and O–H groups in total. The van der Waals surface area contributed by atoms with E-state index in [-0.39, 0.29) is 5.82 Å². The lowest BCUT2D eigenvalue weighted by atomic mass is 10.2. The Hall–Kier alpha value is -1.84. The van der Waals surface area contributed by atoms with Gasteiger partial charge in [0.15, 0.2) is 0 Å². The lowest BCUT2D eigenvalue weighted by molar-refractivity contribution is 0.628. The van der Waals surface area contributed by atoms with Crippen molar-refractivity contribution in [3.8, 4) is 0 Å². The van der Waals surface area contributed by atoms with Crippen molar-refractivity contribution in [3.05, 3.63) is 47.0 Å². The Balaban J connectivity index is 2.10. The summed E-state index contributed by atoms with van der Waals surface area (Å²) in [5.74, 6) is -0.225. The number of aromatic amines is 1. The molecule has 0 radical (unpaired) electrons. The van der Waals surface area contributed by atoms with E-state index in [1.54, 1.807) is 12.3 Å². The Morgan fingerprint density at radius 2 is 2.19 bits per heavy atom. The maximum Gasteiger partial charge on any atom is 0.125 e. The fourth-order valence-electron chi connectivity index (χ4n) is 1.53. The molecular formula is C12H14FN3. The molecule has 4 heteroatoms. The highest BCUT2D eigenvalue weighted by Crippen LogP contribution is 2.17. The lowest BCUT2D eigenvalue weighted by Crippen LogP contribution is -2.01. The summed E-state index contributed by atoms with van der Waals surface area (Å²) in [6.07, 6.45) is 1.77. The van der Waals surface area contributed by atoms with Gasteiger partial charge in [-0.3, -0.25) is 5.10 Å². The van der Waals surface area contributed by atoms with Gasteiger partial charge in [0.05, 0.1) is 6.20 Å². The molecule has 84 valence electrons. The molecule has 16 heavy (non-hydrogen) atoms. The molecule has 0 atom stereocenters. The Morgan fingerprint density at radius 3 is 2.88 bits per heavy atom. The van der Waals surface area contributed by atoms with Crippen molar-refractivity contribution >= 4 is 5.69 Å². The van der Waals surface area contributed by atoms with Crippen LogP contribution in [0.1, 0.15) is 16.8 Å². The van der Waals surface area contributed by atoms with Gasteiger partial charge >= 0.3 is 0 Å². The second kappa shape index (κ2) is 4.35. The van der Waals surface area contributed by atoms with Gasteiger partial charge in [-0.15, -0.1) is 0 Å². The molecular weight excluding hydrogens is 205 g/mol. The molecule has 0 unspecified atom stereocenters. The Bertz CT molecular complexity index is 491. The number of nitrogens with zero attached hydrogens (tertiary/aromatic N) is 1. The van der Waals surface area contributed by atoms with Crippen LogP contribution >= 0.6 is 0 Å². The van der Waals surface area contributed by atoms with Crippen molar-refractivity contribution in [2.45, 2.75) is 20.4 Å². The Kier molecular flexibility index (Phi) is 2.90. The van der Waals surface area contributed by atoms with E-state index in [1.807, 2.05) is 13.8 Å². The molecule has 0 aliphatic heterocycles. The highest BCUT2D eigenvalue weighted by Gasteiger charge is 2.02. The standard InChI is InChI=1S/C12H14FN3/c1-8-3-4-11(13)5-12(8)14-6-10-7-15-16-9(10)2/h3-5,7,14H,6H2,1-2H3,(H,15,16). The van der Waals surface area contributed by atoms with Gasteiger partial charge in [0.2, 0.25) is 0 Å². The first-order valence-corrected chi connectivity index (χ1v) is 5.15. The van der Waals surface area contributed by atoms with Gasteiger partial charge in [0.1, 0.15) is 5.82 Å². The normalized spacial score (nSPS) is 10.4. The number of nitrogens with one attached hydrogen (secondary N) is 2. The third-order valence-electron chi connectivity index (χ3n) is 2.60. The predicted molar refractivity (Wildman–Crippen MR) is 61.8 cm³/mol. The molecule has 0 amide bonds. The van der Waals surface area contributed by atoms with Crippen molar-refractivity contribution in [1.82, 2.24) is 10.2 Å². The SMILES string of the molecule is Cc1ccc(F)cc1NCc1cn[nH]c1C. The quantitative estimate of drug-likeness (QED) is 0.833. The minimum absolute atomic E-state index is 0.225. The molecule has 1 aromatic heterocycles. The number of rotatable bonds is 3. The molecule has 1 aromatic carbocycles. The van der Waals surface area contributed by atoms with Crippen LogP contribution in [0.2, 0.25) is 0 Å². The summed E-state index contributed by atoms with van der Waals surface area (Å²) in [6, 6.07) is 4.73. The summed E-state index contributed by atoms with van der Waals surface area (Å²) in [6.45, 7) is 4.55. The van der Waals surface area contributed by atoms with Crippen LogP contribution in [0.25, 0.3) is 0 Å². The highest BCUT2D eigenvalue weighted by molar-refractivity contribution is 5.51. The first-order valence-electron chi connectivity index (χ1n) is 5.15. The number of aromatic nitrogens is 2. The van der Waals surface area contributed by atoms with Gasteiger partial charge in [-0.25, -0.2) is 4.39 Å². The van der Waals surface area contributed by atoms with Crippen LogP contribution in [0.4, 0.5) is 10.1 Å². The topological polar surface area (TPSA) is 40.7 Å². The van der Waals surface area contributed by atoms with Gasteiger partial charge in [-0.1, -0.05) is 6.07 Å². The number of benzene rings is 1. The second-order valence-electron chi connectivity index (χ2n) is 3.83. The monoisotopic (exact) mass is 219 g/mol. The average molecular weight is 219 g/mol. The molecule has 0 aliphatic carbocycles. The summed E-state index contributed by atoms with van der Waals surface area (Å²) in [5, 5.41) is 10.00. The minimum atomic E-state index is -0.225. The number of anilines is 1. The summed E-state index contributed by atoms with van der Waals surface area (Å²) in [5.41, 5.74) is 3.97. The van der Waals surface area contributed by atoms with E-state index in [2.05, 4.69) is 15.5 Å². The van der Waals surface area contributed by atoms with Crippen molar-refractivity contribution in [3.63, 3.8) is 0 Å². The fourth-order valence-corrected chi connectivity index (χ4v) is 1.53. The average Bonchev–Trinajstić information content (AvgIpc) is 2.66. The zero-order chi connectivity index (χ0) is 11.5. The van der Waals surface area contributed by atoms with Crippen LogP contribution in [0.15, 0.2) is 24.4 Å². The molecule has 3 nitrogen and oxygen atoms in total. The molecule has 0 fully saturated rings. The first kappa shape index (κ1) is 10.7. The first-order chi connectivity index (χ1) is 7.66. The van der Waals surface area contributed by atoms with Crippen LogP contribution in [0, 0.1) is 19.7 Å². The third-order valence-corrected chi connectivity index (χ3v) is 2.60. The molecule has 0 bridgehead atoms. The van der Waals surface area contributed by atoms with Crippen LogP contribution in [0.5, 0.6) is 0 Å². The molecule has 2 aromatic rings. The predicted octanol–water partition coefficient (Wildman–Crippen LogP) is 2.78. The van der Waals surface area contributed by atoms with Crippen LogP contribution in [-0.2, 0) is 6.54 Å². The Morgan fingerprint density at radius 1 is 1.38 bits per heavy atom. The molecule has 0 aliphatic rings. The van der Waals surface area contributed by atoms with E-state index in [0.29, 0.717) is 6.54 Å². The van der Waals surface area contributed by atoms with Crippen molar-refractivity contribution < 1.29 is 4.39 Å². The molecule has 0 spiro atoms. The fraction of sp³-hybridized carbons (Fsp3) is 0.250. The summed E-state index contributed by atoms with van der Waals surface area (Å²) in [7, 11) is 0. The van der Waals surface area contributed by atoms with Gasteiger partial charge in [0, 0.05) is 23.5 Å². The summed E-state index contributed by atoms with van der Waals surface area (Å²) < 4.78 is 13.0. The minimum Gasteiger partial charge on any atom is -0.381 e. The van der Waals surface area contributed by atoms with E-state index >= 15 is 0 Å². The zero-order valence-electron chi connectivity index (χ0n) is 9.34. The number of H-pyrrole nitrogens is 1. The summed E-state index contributed by atoms with van der Waals surface area (Å²) in [4.78, 5) is 0. The van der Waals surface area contributed by atoms with Crippen LogP contribution < -0.4 is 5.32 Å². The smallest absolute Gasteiger partial charge is 0.125 e. The number of hydrogen-bond donors (Lipinski definition) is 2. The van der Waals surface area contributed by atoms with Gasteiger partial charge in [-0.2, -0.15) is 5.10 Å². The van der Waals surface area contributed by atoms with Crippen molar-refractivity contribution in [2.75, 3.05) is 5.32 Å².